The minimum atomic E-state index is -1.33. The molecule has 0 saturated carbocycles. The molecule has 0 aliphatic carbocycles. The first kappa shape index (κ1) is 15.6. The van der Waals surface area contributed by atoms with Crippen molar-refractivity contribution in [3.05, 3.63) is 48.0 Å². The van der Waals surface area contributed by atoms with Crippen LogP contribution in [-0.4, -0.2) is 20.4 Å². The van der Waals surface area contributed by atoms with Crippen LogP contribution in [0.1, 0.15) is 0 Å². The van der Waals surface area contributed by atoms with Crippen LogP contribution in [0.4, 0.5) is 13.6 Å². The number of rotatable bonds is 4. The minimum absolute atomic E-state index is 0.00236. The summed E-state index contributed by atoms with van der Waals surface area (Å²) in [5.74, 6) is -2.56. The van der Waals surface area contributed by atoms with Crippen LogP contribution < -0.4 is 18.9 Å². The van der Waals surface area contributed by atoms with Gasteiger partial charge in [-0.15, -0.1) is 0 Å². The Hall–Kier alpha value is -2.83. The lowest BCUT2D eigenvalue weighted by Gasteiger charge is -2.11. The summed E-state index contributed by atoms with van der Waals surface area (Å²) >= 11 is 0. The number of carbonyl (C=O) groups excluding carboxylic acids is 1. The van der Waals surface area contributed by atoms with Crippen molar-refractivity contribution in [2.24, 2.45) is 0 Å². The number of para-hydroxylation sites is 2. The molecule has 0 saturated heterocycles. The minimum Gasteiger partial charge on any atom is -0.493 e. The average Bonchev–Trinajstić information content (AvgIpc) is 2.51. The highest BCUT2D eigenvalue weighted by Gasteiger charge is 2.20. The van der Waals surface area contributed by atoms with Crippen molar-refractivity contribution in [2.45, 2.75) is 0 Å². The van der Waals surface area contributed by atoms with Crippen LogP contribution >= 0.6 is 0 Å². The Bertz CT molecular complexity index is 630. The van der Waals surface area contributed by atoms with Gasteiger partial charge < -0.3 is 18.9 Å². The first-order valence-electron chi connectivity index (χ1n) is 6.11. The van der Waals surface area contributed by atoms with E-state index in [1.165, 1.54) is 38.5 Å². The molecule has 2 aromatic rings. The van der Waals surface area contributed by atoms with Crippen LogP contribution in [0.2, 0.25) is 0 Å². The number of methoxy groups -OCH3 is 2. The zero-order valence-electron chi connectivity index (χ0n) is 11.8. The monoisotopic (exact) mass is 310 g/mol. The molecule has 22 heavy (non-hydrogen) atoms. The fourth-order valence-corrected chi connectivity index (χ4v) is 1.69. The highest BCUT2D eigenvalue weighted by atomic mass is 19.1. The molecule has 0 heterocycles. The Kier molecular flexibility index (Phi) is 4.77. The predicted octanol–water partition coefficient (Wildman–Crippen LogP) is 3.56. The molecule has 0 bridgehead atoms. The maximum atomic E-state index is 13.6. The van der Waals surface area contributed by atoms with Crippen molar-refractivity contribution < 1.29 is 32.5 Å². The second-order valence-corrected chi connectivity index (χ2v) is 4.00. The lowest BCUT2D eigenvalue weighted by molar-refractivity contribution is 0.144. The van der Waals surface area contributed by atoms with Crippen molar-refractivity contribution >= 4 is 6.16 Å². The molecule has 2 aromatic carbocycles. The third-order valence-electron chi connectivity index (χ3n) is 2.67. The Morgan fingerprint density at radius 1 is 0.818 bits per heavy atom. The van der Waals surface area contributed by atoms with E-state index in [4.69, 9.17) is 18.9 Å². The topological polar surface area (TPSA) is 54.0 Å². The van der Waals surface area contributed by atoms with Gasteiger partial charge in [-0.05, 0) is 24.3 Å². The molecule has 0 aliphatic rings. The lowest BCUT2D eigenvalue weighted by Crippen LogP contribution is -2.16. The summed E-state index contributed by atoms with van der Waals surface area (Å²) in [4.78, 5) is 11.7. The van der Waals surface area contributed by atoms with Gasteiger partial charge in [0, 0.05) is 0 Å². The van der Waals surface area contributed by atoms with Crippen LogP contribution in [0.15, 0.2) is 36.4 Å². The van der Waals surface area contributed by atoms with Crippen LogP contribution in [0.5, 0.6) is 23.0 Å². The highest BCUT2D eigenvalue weighted by Crippen LogP contribution is 2.32. The fraction of sp³-hybridized carbons (Fsp3) is 0.133. The molecule has 0 N–H and O–H groups in total. The number of halogens is 2. The maximum Gasteiger partial charge on any atom is 0.519 e. The van der Waals surface area contributed by atoms with Crippen LogP contribution in [0.25, 0.3) is 0 Å². The van der Waals surface area contributed by atoms with Gasteiger partial charge in [0.15, 0.2) is 23.1 Å². The number of hydrogen-bond donors (Lipinski definition) is 0. The summed E-state index contributed by atoms with van der Waals surface area (Å²) in [6.45, 7) is 0. The van der Waals surface area contributed by atoms with Crippen LogP contribution in [0.3, 0.4) is 0 Å². The quantitative estimate of drug-likeness (QED) is 0.638. The Labute approximate surface area is 125 Å². The summed E-state index contributed by atoms with van der Waals surface area (Å²) in [5, 5.41) is 0. The van der Waals surface area contributed by atoms with Crippen molar-refractivity contribution in [3.8, 4) is 23.0 Å². The van der Waals surface area contributed by atoms with E-state index >= 15 is 0 Å². The van der Waals surface area contributed by atoms with Crippen molar-refractivity contribution in [2.75, 3.05) is 14.2 Å². The first-order chi connectivity index (χ1) is 10.6. The largest absolute Gasteiger partial charge is 0.519 e. The Morgan fingerprint density at radius 2 is 1.23 bits per heavy atom. The molecule has 0 radical (unpaired) electrons. The predicted molar refractivity (Wildman–Crippen MR) is 72.6 cm³/mol. The van der Waals surface area contributed by atoms with Gasteiger partial charge in [0.05, 0.1) is 14.2 Å². The number of hydrogen-bond acceptors (Lipinski definition) is 5. The molecule has 0 aromatic heterocycles. The molecule has 0 atom stereocenters. The standard InChI is InChI=1S/C15H12F2O5/c1-19-11-7-3-5-9(16)13(11)21-15(18)22-14-10(17)6-4-8-12(14)20-2/h3-8H,1-2H3. The van der Waals surface area contributed by atoms with E-state index < -0.39 is 29.3 Å². The third-order valence-corrected chi connectivity index (χ3v) is 2.67. The summed E-state index contributed by atoms with van der Waals surface area (Å²) in [6, 6.07) is 7.72. The van der Waals surface area contributed by atoms with Gasteiger partial charge in [-0.25, -0.2) is 13.6 Å². The summed E-state index contributed by atoms with van der Waals surface area (Å²) < 4.78 is 46.5. The summed E-state index contributed by atoms with van der Waals surface area (Å²) in [5.41, 5.74) is 0. The van der Waals surface area contributed by atoms with Crippen LogP contribution in [-0.2, 0) is 0 Å². The van der Waals surface area contributed by atoms with E-state index in [0.717, 1.165) is 12.1 Å². The molecule has 0 spiro atoms. The van der Waals surface area contributed by atoms with Crippen molar-refractivity contribution in [3.63, 3.8) is 0 Å². The molecular weight excluding hydrogens is 298 g/mol. The Morgan fingerprint density at radius 3 is 1.59 bits per heavy atom. The van der Waals surface area contributed by atoms with E-state index in [1.54, 1.807) is 0 Å². The smallest absolute Gasteiger partial charge is 0.493 e. The zero-order valence-corrected chi connectivity index (χ0v) is 11.8. The van der Waals surface area contributed by atoms with Crippen molar-refractivity contribution in [1.82, 2.24) is 0 Å². The molecule has 2 rings (SSSR count). The molecule has 0 unspecified atom stereocenters. The fourth-order valence-electron chi connectivity index (χ4n) is 1.69. The van der Waals surface area contributed by atoms with E-state index in [9.17, 15) is 13.6 Å². The van der Waals surface area contributed by atoms with E-state index in [-0.39, 0.29) is 11.5 Å². The number of carbonyl (C=O) groups is 1. The molecule has 116 valence electrons. The van der Waals surface area contributed by atoms with E-state index in [2.05, 4.69) is 0 Å². The van der Waals surface area contributed by atoms with Crippen molar-refractivity contribution in [1.29, 1.82) is 0 Å². The van der Waals surface area contributed by atoms with E-state index in [1.807, 2.05) is 0 Å². The Balaban J connectivity index is 2.22. The van der Waals surface area contributed by atoms with Gasteiger partial charge in [-0.2, -0.15) is 0 Å². The van der Waals surface area contributed by atoms with Gasteiger partial charge >= 0.3 is 6.16 Å². The van der Waals surface area contributed by atoms with Gasteiger partial charge in [0.1, 0.15) is 0 Å². The molecule has 0 fully saturated rings. The molecular formula is C15H12F2O5. The summed E-state index contributed by atoms with van der Waals surface area (Å²) in [7, 11) is 2.57. The second-order valence-electron chi connectivity index (χ2n) is 4.00. The van der Waals surface area contributed by atoms with Crippen LogP contribution in [0, 0.1) is 11.6 Å². The number of benzene rings is 2. The average molecular weight is 310 g/mol. The van der Waals surface area contributed by atoms with Gasteiger partial charge in [-0.3, -0.25) is 0 Å². The SMILES string of the molecule is COc1cccc(F)c1OC(=O)Oc1c(F)cccc1OC. The van der Waals surface area contributed by atoms with Gasteiger partial charge in [-0.1, -0.05) is 12.1 Å². The van der Waals surface area contributed by atoms with Gasteiger partial charge in [0.2, 0.25) is 11.5 Å². The third kappa shape index (κ3) is 3.25. The zero-order chi connectivity index (χ0) is 16.1. The highest BCUT2D eigenvalue weighted by molar-refractivity contribution is 5.69. The molecule has 0 aliphatic heterocycles. The summed E-state index contributed by atoms with van der Waals surface area (Å²) in [6.07, 6.45) is -1.33. The number of ether oxygens (including phenoxy) is 4. The second kappa shape index (κ2) is 6.75. The van der Waals surface area contributed by atoms with Gasteiger partial charge in [0.25, 0.3) is 0 Å². The molecule has 7 heteroatoms. The molecule has 5 nitrogen and oxygen atoms in total. The molecule has 0 amide bonds. The lowest BCUT2D eigenvalue weighted by atomic mass is 10.3. The first-order valence-corrected chi connectivity index (χ1v) is 6.11. The maximum absolute atomic E-state index is 13.6. The normalized spacial score (nSPS) is 10.0. The van der Waals surface area contributed by atoms with E-state index in [0.29, 0.717) is 0 Å².